The van der Waals surface area contributed by atoms with E-state index < -0.39 is 0 Å². The molecule has 20 heavy (non-hydrogen) atoms. The van der Waals surface area contributed by atoms with Gasteiger partial charge in [-0.1, -0.05) is 85.0 Å². The van der Waals surface area contributed by atoms with E-state index in [2.05, 4.69) is 20.8 Å². The van der Waals surface area contributed by atoms with Gasteiger partial charge in [0.25, 0.3) is 0 Å². The lowest BCUT2D eigenvalue weighted by Crippen LogP contribution is -2.10. The highest BCUT2D eigenvalue weighted by molar-refractivity contribution is 4.60. The number of unbranched alkanes of at least 4 members (excludes halogenated alkanes) is 8. The molecule has 0 aromatic rings. The number of hydrogen-bond donors (Lipinski definition) is 0. The maximum atomic E-state index is 5.80. The molecule has 1 atom stereocenters. The molecular formula is C19H40O. The van der Waals surface area contributed by atoms with Crippen LogP contribution in [0.2, 0.25) is 0 Å². The van der Waals surface area contributed by atoms with E-state index in [0.717, 1.165) is 25.6 Å². The van der Waals surface area contributed by atoms with E-state index in [4.69, 9.17) is 4.74 Å². The van der Waals surface area contributed by atoms with Crippen LogP contribution in [0.4, 0.5) is 0 Å². The highest BCUT2D eigenvalue weighted by atomic mass is 16.5. The molecule has 0 aliphatic carbocycles. The molecule has 0 spiro atoms. The minimum Gasteiger partial charge on any atom is -0.381 e. The fraction of sp³-hybridized carbons (Fsp3) is 1.00. The lowest BCUT2D eigenvalue weighted by Gasteiger charge is -2.17. The van der Waals surface area contributed by atoms with Crippen molar-refractivity contribution in [3.8, 4) is 0 Å². The van der Waals surface area contributed by atoms with Crippen molar-refractivity contribution in [2.24, 2.45) is 5.92 Å². The van der Waals surface area contributed by atoms with Crippen molar-refractivity contribution < 1.29 is 4.74 Å². The fourth-order valence-electron chi connectivity index (χ4n) is 2.78. The topological polar surface area (TPSA) is 9.23 Å². The minimum atomic E-state index is 0.824. The first-order chi connectivity index (χ1) is 9.85. The number of rotatable bonds is 16. The van der Waals surface area contributed by atoms with Crippen LogP contribution in [-0.2, 0) is 4.74 Å². The normalized spacial score (nSPS) is 12.8. The number of hydrogen-bond acceptors (Lipinski definition) is 1. The second kappa shape index (κ2) is 17.0. The van der Waals surface area contributed by atoms with E-state index in [-0.39, 0.29) is 0 Å². The van der Waals surface area contributed by atoms with Gasteiger partial charge in [-0.05, 0) is 25.2 Å². The summed E-state index contributed by atoms with van der Waals surface area (Å²) >= 11 is 0. The van der Waals surface area contributed by atoms with Gasteiger partial charge in [-0.2, -0.15) is 0 Å². The van der Waals surface area contributed by atoms with E-state index in [1.54, 1.807) is 0 Å². The smallest absolute Gasteiger partial charge is 0.0494 e. The third-order valence-electron chi connectivity index (χ3n) is 4.13. The van der Waals surface area contributed by atoms with Crippen LogP contribution in [0.15, 0.2) is 0 Å². The Morgan fingerprint density at radius 2 is 1.10 bits per heavy atom. The molecule has 0 aliphatic rings. The zero-order valence-corrected chi connectivity index (χ0v) is 14.6. The van der Waals surface area contributed by atoms with Crippen LogP contribution in [-0.4, -0.2) is 13.2 Å². The SMILES string of the molecule is CCCCCCCCC(CCCCCC)COCCC. The Morgan fingerprint density at radius 3 is 1.65 bits per heavy atom. The van der Waals surface area contributed by atoms with E-state index in [1.165, 1.54) is 77.0 Å². The predicted molar refractivity (Wildman–Crippen MR) is 91.4 cm³/mol. The zero-order valence-electron chi connectivity index (χ0n) is 14.6. The van der Waals surface area contributed by atoms with Gasteiger partial charge in [0.1, 0.15) is 0 Å². The van der Waals surface area contributed by atoms with E-state index >= 15 is 0 Å². The summed E-state index contributed by atoms with van der Waals surface area (Å²) in [6.07, 6.45) is 18.0. The molecule has 0 aliphatic heterocycles. The third kappa shape index (κ3) is 14.4. The molecule has 0 aromatic carbocycles. The molecule has 122 valence electrons. The van der Waals surface area contributed by atoms with Crippen LogP contribution >= 0.6 is 0 Å². The van der Waals surface area contributed by atoms with Gasteiger partial charge < -0.3 is 4.74 Å². The molecule has 0 heterocycles. The largest absolute Gasteiger partial charge is 0.381 e. The molecule has 0 aromatic heterocycles. The van der Waals surface area contributed by atoms with Crippen molar-refractivity contribution >= 4 is 0 Å². The van der Waals surface area contributed by atoms with Crippen LogP contribution in [0.5, 0.6) is 0 Å². The van der Waals surface area contributed by atoms with Crippen molar-refractivity contribution in [2.45, 2.75) is 104 Å². The van der Waals surface area contributed by atoms with Crippen molar-refractivity contribution in [3.63, 3.8) is 0 Å². The van der Waals surface area contributed by atoms with Gasteiger partial charge in [-0.3, -0.25) is 0 Å². The molecular weight excluding hydrogens is 244 g/mol. The summed E-state index contributed by atoms with van der Waals surface area (Å²) in [6.45, 7) is 8.73. The van der Waals surface area contributed by atoms with Crippen molar-refractivity contribution in [3.05, 3.63) is 0 Å². The summed E-state index contributed by atoms with van der Waals surface area (Å²) in [5.74, 6) is 0.824. The molecule has 0 amide bonds. The highest BCUT2D eigenvalue weighted by Crippen LogP contribution is 2.19. The van der Waals surface area contributed by atoms with Gasteiger partial charge in [0.15, 0.2) is 0 Å². The Labute approximate surface area is 128 Å². The molecule has 1 unspecified atom stereocenters. The molecule has 1 nitrogen and oxygen atoms in total. The van der Waals surface area contributed by atoms with Gasteiger partial charge in [0.05, 0.1) is 0 Å². The highest BCUT2D eigenvalue weighted by Gasteiger charge is 2.08. The molecule has 0 rings (SSSR count). The van der Waals surface area contributed by atoms with Gasteiger partial charge >= 0.3 is 0 Å². The van der Waals surface area contributed by atoms with Crippen LogP contribution in [0.1, 0.15) is 104 Å². The molecule has 0 N–H and O–H groups in total. The Kier molecular flexibility index (Phi) is 17.0. The quantitative estimate of drug-likeness (QED) is 0.285. The van der Waals surface area contributed by atoms with Crippen LogP contribution in [0, 0.1) is 5.92 Å². The molecule has 0 saturated heterocycles. The average molecular weight is 285 g/mol. The molecule has 0 radical (unpaired) electrons. The summed E-state index contributed by atoms with van der Waals surface area (Å²) in [4.78, 5) is 0. The second-order valence-corrected chi connectivity index (χ2v) is 6.35. The van der Waals surface area contributed by atoms with E-state index in [9.17, 15) is 0 Å². The molecule has 0 saturated carbocycles. The first kappa shape index (κ1) is 20.0. The van der Waals surface area contributed by atoms with Gasteiger partial charge in [-0.15, -0.1) is 0 Å². The van der Waals surface area contributed by atoms with Crippen LogP contribution in [0.25, 0.3) is 0 Å². The first-order valence-electron chi connectivity index (χ1n) is 9.42. The van der Waals surface area contributed by atoms with Crippen molar-refractivity contribution in [1.29, 1.82) is 0 Å². The average Bonchev–Trinajstić information content (AvgIpc) is 2.46. The summed E-state index contributed by atoms with van der Waals surface area (Å²) in [5, 5.41) is 0. The third-order valence-corrected chi connectivity index (χ3v) is 4.13. The Bertz CT molecular complexity index is 167. The Balaban J connectivity index is 3.62. The predicted octanol–water partition coefficient (Wildman–Crippen LogP) is 6.75. The zero-order chi connectivity index (χ0) is 14.9. The van der Waals surface area contributed by atoms with Crippen LogP contribution in [0.3, 0.4) is 0 Å². The number of ether oxygens (including phenoxy) is 1. The molecule has 0 bridgehead atoms. The maximum absolute atomic E-state index is 5.80. The van der Waals surface area contributed by atoms with E-state index in [1.807, 2.05) is 0 Å². The summed E-state index contributed by atoms with van der Waals surface area (Å²) in [6, 6.07) is 0. The standard InChI is InChI=1S/C19H40O/c1-4-7-9-11-12-14-16-19(18-20-17-6-3)15-13-10-8-5-2/h19H,4-18H2,1-3H3. The second-order valence-electron chi connectivity index (χ2n) is 6.35. The van der Waals surface area contributed by atoms with Gasteiger partial charge in [-0.25, -0.2) is 0 Å². The van der Waals surface area contributed by atoms with Crippen molar-refractivity contribution in [1.82, 2.24) is 0 Å². The molecule has 0 fully saturated rings. The summed E-state index contributed by atoms with van der Waals surface area (Å²) in [5.41, 5.74) is 0. The first-order valence-corrected chi connectivity index (χ1v) is 9.42. The summed E-state index contributed by atoms with van der Waals surface area (Å²) < 4.78 is 5.80. The lowest BCUT2D eigenvalue weighted by atomic mass is 9.95. The lowest BCUT2D eigenvalue weighted by molar-refractivity contribution is 0.0914. The Morgan fingerprint density at radius 1 is 0.600 bits per heavy atom. The monoisotopic (exact) mass is 284 g/mol. The van der Waals surface area contributed by atoms with Crippen LogP contribution < -0.4 is 0 Å². The fourth-order valence-corrected chi connectivity index (χ4v) is 2.78. The maximum Gasteiger partial charge on any atom is 0.0494 e. The van der Waals surface area contributed by atoms with Gasteiger partial charge in [0.2, 0.25) is 0 Å². The minimum absolute atomic E-state index is 0.824. The summed E-state index contributed by atoms with van der Waals surface area (Å²) in [7, 11) is 0. The van der Waals surface area contributed by atoms with E-state index in [0.29, 0.717) is 0 Å². The van der Waals surface area contributed by atoms with Gasteiger partial charge in [0, 0.05) is 13.2 Å². The Hall–Kier alpha value is -0.0400. The van der Waals surface area contributed by atoms with Crippen molar-refractivity contribution in [2.75, 3.05) is 13.2 Å². The molecule has 1 heteroatoms.